The maximum Gasteiger partial charge on any atom is 0.244 e. The molecule has 76 valence electrons. The molecule has 1 heterocycles. The molecule has 0 bridgehead atoms. The quantitative estimate of drug-likeness (QED) is 0.489. The molecule has 1 aliphatic heterocycles. The molecular formula is C9H17NO3. The largest absolute Gasteiger partial charge is 0.394 e. The number of ether oxygens (including phenoxy) is 1. The maximum absolute atomic E-state index is 10.2. The number of nitrogens with two attached hydrogens (primary N) is 1. The standard InChI is InChI=1S/C6H11NO.C3H6O2/c1-3-4-5(2)6(7)8;4-1-3-2-5-3/h4H,3H2,1-2H3,(H2,7,8);3-4H,1-2H2. The van der Waals surface area contributed by atoms with Gasteiger partial charge in [-0.2, -0.15) is 0 Å². The summed E-state index contributed by atoms with van der Waals surface area (Å²) in [7, 11) is 0. The highest BCUT2D eigenvalue weighted by Crippen LogP contribution is 2.04. The van der Waals surface area contributed by atoms with Gasteiger partial charge < -0.3 is 15.6 Å². The van der Waals surface area contributed by atoms with Gasteiger partial charge in [-0.1, -0.05) is 13.0 Å². The van der Waals surface area contributed by atoms with Crippen LogP contribution in [0, 0.1) is 0 Å². The lowest BCUT2D eigenvalue weighted by molar-refractivity contribution is -0.114. The first kappa shape index (κ1) is 12.1. The van der Waals surface area contributed by atoms with Crippen LogP contribution in [0.3, 0.4) is 0 Å². The van der Waals surface area contributed by atoms with Gasteiger partial charge in [0, 0.05) is 5.57 Å². The minimum atomic E-state index is -0.327. The number of rotatable bonds is 3. The second-order valence-electron chi connectivity index (χ2n) is 2.80. The number of amides is 1. The molecule has 4 nitrogen and oxygen atoms in total. The van der Waals surface area contributed by atoms with Gasteiger partial charge >= 0.3 is 0 Å². The summed E-state index contributed by atoms with van der Waals surface area (Å²) in [6, 6.07) is 0. The van der Waals surface area contributed by atoms with Crippen LogP contribution in [0.15, 0.2) is 11.6 Å². The molecule has 1 unspecified atom stereocenters. The zero-order valence-electron chi connectivity index (χ0n) is 8.12. The molecular weight excluding hydrogens is 170 g/mol. The first-order valence-electron chi connectivity index (χ1n) is 4.30. The number of hydrogen-bond acceptors (Lipinski definition) is 3. The molecule has 1 saturated heterocycles. The van der Waals surface area contributed by atoms with Gasteiger partial charge in [-0.15, -0.1) is 0 Å². The van der Waals surface area contributed by atoms with Crippen molar-refractivity contribution in [2.75, 3.05) is 13.2 Å². The van der Waals surface area contributed by atoms with Crippen LogP contribution in [0.4, 0.5) is 0 Å². The molecule has 13 heavy (non-hydrogen) atoms. The van der Waals surface area contributed by atoms with Crippen molar-refractivity contribution in [2.45, 2.75) is 26.4 Å². The second-order valence-corrected chi connectivity index (χ2v) is 2.80. The van der Waals surface area contributed by atoms with Crippen LogP contribution in [0.1, 0.15) is 20.3 Å². The minimum absolute atomic E-state index is 0.190. The van der Waals surface area contributed by atoms with Gasteiger partial charge in [0.25, 0.3) is 0 Å². The zero-order chi connectivity index (χ0) is 10.3. The Morgan fingerprint density at radius 2 is 2.31 bits per heavy atom. The predicted molar refractivity (Wildman–Crippen MR) is 50.1 cm³/mol. The third kappa shape index (κ3) is 7.49. The van der Waals surface area contributed by atoms with Gasteiger partial charge in [0.15, 0.2) is 0 Å². The van der Waals surface area contributed by atoms with Crippen LogP contribution in [0.25, 0.3) is 0 Å². The van der Waals surface area contributed by atoms with Crippen molar-refractivity contribution in [3.63, 3.8) is 0 Å². The number of epoxide rings is 1. The van der Waals surface area contributed by atoms with Crippen LogP contribution < -0.4 is 5.73 Å². The highest BCUT2D eigenvalue weighted by molar-refractivity contribution is 5.91. The van der Waals surface area contributed by atoms with E-state index in [1.807, 2.05) is 13.0 Å². The van der Waals surface area contributed by atoms with Gasteiger partial charge in [-0.3, -0.25) is 4.79 Å². The molecule has 3 N–H and O–H groups in total. The highest BCUT2D eigenvalue weighted by Gasteiger charge is 2.19. The molecule has 1 aliphatic rings. The number of allylic oxidation sites excluding steroid dienone is 1. The molecule has 1 fully saturated rings. The molecule has 1 amide bonds. The van der Waals surface area contributed by atoms with Crippen molar-refractivity contribution >= 4 is 5.91 Å². The number of hydrogen-bond donors (Lipinski definition) is 2. The van der Waals surface area contributed by atoms with Crippen LogP contribution in [-0.4, -0.2) is 30.3 Å². The molecule has 0 saturated carbocycles. The fraction of sp³-hybridized carbons (Fsp3) is 0.667. The minimum Gasteiger partial charge on any atom is -0.394 e. The predicted octanol–water partition coefficient (Wildman–Crippen LogP) is 0.206. The summed E-state index contributed by atoms with van der Waals surface area (Å²) in [5, 5.41) is 8.08. The van der Waals surface area contributed by atoms with Crippen LogP contribution in [-0.2, 0) is 9.53 Å². The summed E-state index contributed by atoms with van der Waals surface area (Å²) in [5.74, 6) is -0.327. The lowest BCUT2D eigenvalue weighted by Gasteiger charge is -1.88. The Balaban J connectivity index is 0.000000243. The molecule has 0 aliphatic carbocycles. The van der Waals surface area contributed by atoms with E-state index >= 15 is 0 Å². The highest BCUT2D eigenvalue weighted by atomic mass is 16.6. The molecule has 1 rings (SSSR count). The van der Waals surface area contributed by atoms with E-state index in [-0.39, 0.29) is 18.6 Å². The van der Waals surface area contributed by atoms with E-state index in [4.69, 9.17) is 10.8 Å². The van der Waals surface area contributed by atoms with Crippen molar-refractivity contribution in [1.29, 1.82) is 0 Å². The summed E-state index contributed by atoms with van der Waals surface area (Å²) in [6.45, 7) is 4.63. The third-order valence-corrected chi connectivity index (χ3v) is 1.50. The normalized spacial score (nSPS) is 20.2. The van der Waals surface area contributed by atoms with Gasteiger partial charge in [-0.05, 0) is 13.3 Å². The Hall–Kier alpha value is -0.870. The van der Waals surface area contributed by atoms with Crippen LogP contribution >= 0.6 is 0 Å². The summed E-state index contributed by atoms with van der Waals surface area (Å²) in [4.78, 5) is 10.2. The van der Waals surface area contributed by atoms with Gasteiger partial charge in [0.05, 0.1) is 13.2 Å². The van der Waals surface area contributed by atoms with E-state index in [1.165, 1.54) is 0 Å². The Kier molecular flexibility index (Phi) is 6.18. The molecule has 0 aromatic carbocycles. The number of aliphatic hydroxyl groups excluding tert-OH is 1. The number of carbonyl (C=O) groups is 1. The summed E-state index contributed by atoms with van der Waals surface area (Å²) >= 11 is 0. The molecule has 0 spiro atoms. The smallest absolute Gasteiger partial charge is 0.244 e. The maximum atomic E-state index is 10.2. The van der Waals surface area contributed by atoms with Crippen molar-refractivity contribution in [1.82, 2.24) is 0 Å². The van der Waals surface area contributed by atoms with E-state index in [0.717, 1.165) is 13.0 Å². The Morgan fingerprint density at radius 3 is 2.38 bits per heavy atom. The Bertz CT molecular complexity index is 185. The van der Waals surface area contributed by atoms with Gasteiger partial charge in [0.1, 0.15) is 6.10 Å². The summed E-state index contributed by atoms with van der Waals surface area (Å²) < 4.78 is 4.61. The first-order chi connectivity index (χ1) is 6.11. The van der Waals surface area contributed by atoms with Crippen molar-refractivity contribution in [3.8, 4) is 0 Å². The fourth-order valence-electron chi connectivity index (χ4n) is 0.580. The second kappa shape index (κ2) is 6.62. The number of carbonyl (C=O) groups excluding carboxylic acids is 1. The lowest BCUT2D eigenvalue weighted by atomic mass is 10.2. The van der Waals surface area contributed by atoms with Crippen LogP contribution in [0.5, 0.6) is 0 Å². The van der Waals surface area contributed by atoms with E-state index in [0.29, 0.717) is 5.57 Å². The molecule has 0 aromatic heterocycles. The summed E-state index contributed by atoms with van der Waals surface area (Å²) in [6.07, 6.45) is 2.87. The van der Waals surface area contributed by atoms with Gasteiger partial charge in [-0.25, -0.2) is 0 Å². The van der Waals surface area contributed by atoms with Gasteiger partial charge in [0.2, 0.25) is 5.91 Å². The van der Waals surface area contributed by atoms with E-state index in [9.17, 15) is 4.79 Å². The fourth-order valence-corrected chi connectivity index (χ4v) is 0.580. The monoisotopic (exact) mass is 187 g/mol. The average molecular weight is 187 g/mol. The lowest BCUT2D eigenvalue weighted by Crippen LogP contribution is -2.11. The van der Waals surface area contributed by atoms with E-state index < -0.39 is 0 Å². The molecule has 4 heteroatoms. The van der Waals surface area contributed by atoms with Crippen molar-refractivity contribution < 1.29 is 14.6 Å². The third-order valence-electron chi connectivity index (χ3n) is 1.50. The molecule has 1 atom stereocenters. The zero-order valence-corrected chi connectivity index (χ0v) is 8.12. The topological polar surface area (TPSA) is 75.9 Å². The molecule has 0 aromatic rings. The van der Waals surface area contributed by atoms with E-state index in [1.54, 1.807) is 6.92 Å². The Morgan fingerprint density at radius 1 is 1.77 bits per heavy atom. The molecule has 0 radical (unpaired) electrons. The SMILES string of the molecule is CCC=C(C)C(N)=O.OCC1CO1. The number of aliphatic hydroxyl groups is 1. The Labute approximate surface area is 78.4 Å². The van der Waals surface area contributed by atoms with E-state index in [2.05, 4.69) is 4.74 Å². The average Bonchev–Trinajstić information content (AvgIpc) is 2.88. The van der Waals surface area contributed by atoms with Crippen molar-refractivity contribution in [2.24, 2.45) is 5.73 Å². The van der Waals surface area contributed by atoms with Crippen LogP contribution in [0.2, 0.25) is 0 Å². The number of primary amides is 1. The van der Waals surface area contributed by atoms with Crippen molar-refractivity contribution in [3.05, 3.63) is 11.6 Å². The summed E-state index contributed by atoms with van der Waals surface area (Å²) in [5.41, 5.74) is 5.56. The first-order valence-corrected chi connectivity index (χ1v) is 4.30.